The molecule has 1 N–H and O–H groups in total. The summed E-state index contributed by atoms with van der Waals surface area (Å²) >= 11 is 0. The molecule has 4 rings (SSSR count). The van der Waals surface area contributed by atoms with E-state index < -0.39 is 11.7 Å². The van der Waals surface area contributed by atoms with Gasteiger partial charge in [0.2, 0.25) is 0 Å². The first kappa shape index (κ1) is 14.6. The number of alkyl halides is 3. The van der Waals surface area contributed by atoms with E-state index in [1.54, 1.807) is 6.07 Å². The molecule has 0 saturated carbocycles. The molecular formula is C18H17F3N2. The van der Waals surface area contributed by atoms with E-state index in [4.69, 9.17) is 0 Å². The van der Waals surface area contributed by atoms with Gasteiger partial charge in [0.25, 0.3) is 0 Å². The summed E-state index contributed by atoms with van der Waals surface area (Å²) in [6, 6.07) is 13.9. The van der Waals surface area contributed by atoms with Crippen molar-refractivity contribution in [2.24, 2.45) is 0 Å². The number of nitrogens with one attached hydrogen (secondary N) is 1. The number of piperidine rings is 1. The van der Waals surface area contributed by atoms with Gasteiger partial charge in [-0.3, -0.25) is 0 Å². The van der Waals surface area contributed by atoms with Crippen molar-refractivity contribution >= 4 is 11.4 Å². The van der Waals surface area contributed by atoms with Crippen molar-refractivity contribution < 1.29 is 13.2 Å². The molecule has 2 aromatic carbocycles. The van der Waals surface area contributed by atoms with Gasteiger partial charge >= 0.3 is 6.18 Å². The zero-order valence-electron chi connectivity index (χ0n) is 12.5. The van der Waals surface area contributed by atoms with Crippen LogP contribution >= 0.6 is 0 Å². The minimum Gasteiger partial charge on any atom is -0.337 e. The summed E-state index contributed by atoms with van der Waals surface area (Å²) in [7, 11) is 0. The molecule has 2 aliphatic rings. The molecule has 2 nitrogen and oxygen atoms in total. The summed E-state index contributed by atoms with van der Waals surface area (Å²) in [6.45, 7) is 1.77. The number of benzene rings is 2. The van der Waals surface area contributed by atoms with E-state index in [0.29, 0.717) is 11.6 Å². The molecule has 2 atom stereocenters. The van der Waals surface area contributed by atoms with Gasteiger partial charge in [0, 0.05) is 29.9 Å². The van der Waals surface area contributed by atoms with Gasteiger partial charge in [0.1, 0.15) is 0 Å². The van der Waals surface area contributed by atoms with Gasteiger partial charge in [0.05, 0.1) is 5.56 Å². The van der Waals surface area contributed by atoms with Crippen LogP contribution in [0.25, 0.3) is 0 Å². The Morgan fingerprint density at radius 2 is 1.87 bits per heavy atom. The molecule has 120 valence electrons. The molecule has 0 amide bonds. The molecule has 2 aromatic rings. The SMILES string of the molecule is FC(F)(F)c1cccc(N2c3ccccc3[C@@H]3CNCC[C@H]32)c1. The third kappa shape index (κ3) is 2.39. The number of para-hydroxylation sites is 1. The summed E-state index contributed by atoms with van der Waals surface area (Å²) in [6.07, 6.45) is -3.39. The van der Waals surface area contributed by atoms with Crippen molar-refractivity contribution in [3.63, 3.8) is 0 Å². The van der Waals surface area contributed by atoms with Crippen LogP contribution in [-0.4, -0.2) is 19.1 Å². The number of fused-ring (bicyclic) bond motifs is 3. The van der Waals surface area contributed by atoms with Gasteiger partial charge in [-0.2, -0.15) is 13.2 Å². The van der Waals surface area contributed by atoms with E-state index in [1.165, 1.54) is 17.7 Å². The fourth-order valence-corrected chi connectivity index (χ4v) is 3.83. The molecule has 0 aromatic heterocycles. The van der Waals surface area contributed by atoms with Gasteiger partial charge in [0.15, 0.2) is 0 Å². The summed E-state index contributed by atoms with van der Waals surface area (Å²) in [5.41, 5.74) is 2.29. The highest BCUT2D eigenvalue weighted by atomic mass is 19.4. The van der Waals surface area contributed by atoms with E-state index in [0.717, 1.165) is 31.3 Å². The highest BCUT2D eigenvalue weighted by Gasteiger charge is 2.41. The Bertz CT molecular complexity index is 726. The Hall–Kier alpha value is -2.01. The zero-order valence-corrected chi connectivity index (χ0v) is 12.5. The monoisotopic (exact) mass is 318 g/mol. The summed E-state index contributed by atoms with van der Waals surface area (Å²) < 4.78 is 39.2. The lowest BCUT2D eigenvalue weighted by atomic mass is 9.90. The molecule has 0 bridgehead atoms. The molecule has 1 fully saturated rings. The minimum absolute atomic E-state index is 0.220. The number of halogens is 3. The van der Waals surface area contributed by atoms with Crippen LogP contribution in [-0.2, 0) is 6.18 Å². The Morgan fingerprint density at radius 3 is 2.70 bits per heavy atom. The maximum atomic E-state index is 13.1. The third-order valence-corrected chi connectivity index (χ3v) is 4.82. The van der Waals surface area contributed by atoms with Gasteiger partial charge in [-0.15, -0.1) is 0 Å². The van der Waals surface area contributed by atoms with Crippen LogP contribution in [0.5, 0.6) is 0 Å². The number of rotatable bonds is 1. The molecule has 0 spiro atoms. The van der Waals surface area contributed by atoms with Crippen LogP contribution in [0.2, 0.25) is 0 Å². The minimum atomic E-state index is -4.32. The summed E-state index contributed by atoms with van der Waals surface area (Å²) in [5.74, 6) is 0.328. The molecule has 0 aliphatic carbocycles. The largest absolute Gasteiger partial charge is 0.416 e. The fraction of sp³-hybridized carbons (Fsp3) is 0.333. The topological polar surface area (TPSA) is 15.3 Å². The van der Waals surface area contributed by atoms with E-state index >= 15 is 0 Å². The Labute approximate surface area is 132 Å². The highest BCUT2D eigenvalue weighted by Crippen LogP contribution is 2.47. The first-order valence-electron chi connectivity index (χ1n) is 7.82. The van der Waals surface area contributed by atoms with Gasteiger partial charge in [-0.1, -0.05) is 24.3 Å². The molecule has 5 heteroatoms. The average Bonchev–Trinajstić information content (AvgIpc) is 2.89. The highest BCUT2D eigenvalue weighted by molar-refractivity contribution is 5.73. The predicted molar refractivity (Wildman–Crippen MR) is 84.0 cm³/mol. The lowest BCUT2D eigenvalue weighted by Gasteiger charge is -2.34. The Kier molecular flexibility index (Phi) is 3.34. The maximum Gasteiger partial charge on any atom is 0.416 e. The van der Waals surface area contributed by atoms with E-state index in [-0.39, 0.29) is 6.04 Å². The van der Waals surface area contributed by atoms with Crippen molar-refractivity contribution in [3.8, 4) is 0 Å². The first-order valence-corrected chi connectivity index (χ1v) is 7.82. The average molecular weight is 318 g/mol. The molecule has 2 aliphatic heterocycles. The van der Waals surface area contributed by atoms with Crippen molar-refractivity contribution in [1.82, 2.24) is 5.32 Å². The van der Waals surface area contributed by atoms with Crippen molar-refractivity contribution in [3.05, 3.63) is 59.7 Å². The fourth-order valence-electron chi connectivity index (χ4n) is 3.83. The molecule has 0 radical (unpaired) electrons. The maximum absolute atomic E-state index is 13.1. The van der Waals surface area contributed by atoms with Crippen LogP contribution in [0.3, 0.4) is 0 Å². The van der Waals surface area contributed by atoms with Crippen LogP contribution in [0, 0.1) is 0 Å². The summed E-state index contributed by atoms with van der Waals surface area (Å²) in [5, 5.41) is 3.40. The lowest BCUT2D eigenvalue weighted by Crippen LogP contribution is -2.42. The van der Waals surface area contributed by atoms with Gasteiger partial charge < -0.3 is 10.2 Å². The number of anilines is 2. The van der Waals surface area contributed by atoms with Gasteiger partial charge in [-0.05, 0) is 42.8 Å². The quantitative estimate of drug-likeness (QED) is 0.843. The standard InChI is InChI=1S/C18H17F3N2/c19-18(20,21)12-4-3-5-13(10-12)23-16-7-2-1-6-14(16)15-11-22-9-8-17(15)23/h1-7,10,15,17,22H,8-9,11H2/t15-,17+/m0/s1. The van der Waals surface area contributed by atoms with E-state index in [2.05, 4.69) is 16.3 Å². The number of nitrogens with zero attached hydrogens (tertiary/aromatic N) is 1. The molecule has 2 heterocycles. The van der Waals surface area contributed by atoms with Crippen LogP contribution < -0.4 is 10.2 Å². The van der Waals surface area contributed by atoms with E-state index in [9.17, 15) is 13.2 Å². The van der Waals surface area contributed by atoms with Crippen molar-refractivity contribution in [1.29, 1.82) is 0 Å². The summed E-state index contributed by atoms with van der Waals surface area (Å²) in [4.78, 5) is 2.09. The van der Waals surface area contributed by atoms with Crippen LogP contribution in [0.4, 0.5) is 24.5 Å². The van der Waals surface area contributed by atoms with E-state index in [1.807, 2.05) is 18.2 Å². The smallest absolute Gasteiger partial charge is 0.337 e. The van der Waals surface area contributed by atoms with Crippen LogP contribution in [0.1, 0.15) is 23.5 Å². The first-order chi connectivity index (χ1) is 11.1. The number of hydrogen-bond acceptors (Lipinski definition) is 2. The Morgan fingerprint density at radius 1 is 1.04 bits per heavy atom. The second-order valence-electron chi connectivity index (χ2n) is 6.14. The second kappa shape index (κ2) is 5.27. The third-order valence-electron chi connectivity index (χ3n) is 4.82. The van der Waals surface area contributed by atoms with Crippen molar-refractivity contribution in [2.45, 2.75) is 24.6 Å². The lowest BCUT2D eigenvalue weighted by molar-refractivity contribution is -0.137. The molecule has 23 heavy (non-hydrogen) atoms. The second-order valence-corrected chi connectivity index (χ2v) is 6.14. The van der Waals surface area contributed by atoms with Gasteiger partial charge in [-0.25, -0.2) is 0 Å². The molecule has 0 unspecified atom stereocenters. The zero-order chi connectivity index (χ0) is 16.0. The number of hydrogen-bond donors (Lipinski definition) is 1. The molecular weight excluding hydrogens is 301 g/mol. The predicted octanol–water partition coefficient (Wildman–Crippen LogP) is 4.30. The normalized spacial score (nSPS) is 23.5. The molecule has 1 saturated heterocycles. The Balaban J connectivity index is 1.81. The van der Waals surface area contributed by atoms with Crippen molar-refractivity contribution in [2.75, 3.05) is 18.0 Å². The van der Waals surface area contributed by atoms with Crippen LogP contribution in [0.15, 0.2) is 48.5 Å².